The van der Waals surface area contributed by atoms with Crippen molar-refractivity contribution in [1.82, 2.24) is 4.98 Å². The van der Waals surface area contributed by atoms with Crippen LogP contribution < -0.4 is 0 Å². The number of esters is 1. The standard InChI is InChI=1S/C20H21NO3S/c1-3-11-24-19(22)17-14-10-12-25-20(23)16(14)15(4-2)21-18(17)13-8-6-5-7-9-13/h5-9H,3-4,10-12H2,1-2H3. The fourth-order valence-corrected chi connectivity index (χ4v) is 3.92. The smallest absolute Gasteiger partial charge is 0.340 e. The van der Waals surface area contributed by atoms with Crippen molar-refractivity contribution in [2.24, 2.45) is 0 Å². The van der Waals surface area contributed by atoms with Gasteiger partial charge >= 0.3 is 5.97 Å². The van der Waals surface area contributed by atoms with Crippen molar-refractivity contribution >= 4 is 22.8 Å². The molecular weight excluding hydrogens is 334 g/mol. The second-order valence-electron chi connectivity index (χ2n) is 5.88. The van der Waals surface area contributed by atoms with Crippen LogP contribution in [0.4, 0.5) is 0 Å². The van der Waals surface area contributed by atoms with Crippen molar-refractivity contribution in [3.05, 3.63) is 52.7 Å². The zero-order valence-corrected chi connectivity index (χ0v) is 15.3. The fraction of sp³-hybridized carbons (Fsp3) is 0.350. The number of pyridine rings is 1. The Morgan fingerprint density at radius 2 is 2.00 bits per heavy atom. The minimum absolute atomic E-state index is 0.00903. The number of aromatic nitrogens is 1. The van der Waals surface area contributed by atoms with Crippen molar-refractivity contribution in [2.45, 2.75) is 33.1 Å². The summed E-state index contributed by atoms with van der Waals surface area (Å²) in [4.78, 5) is 30.0. The topological polar surface area (TPSA) is 56.3 Å². The van der Waals surface area contributed by atoms with Crippen LogP contribution in [0.15, 0.2) is 30.3 Å². The molecule has 0 radical (unpaired) electrons. The van der Waals surface area contributed by atoms with Crippen LogP contribution in [-0.4, -0.2) is 28.4 Å². The summed E-state index contributed by atoms with van der Waals surface area (Å²) in [5.41, 5.74) is 4.13. The number of rotatable bonds is 5. The molecule has 1 aromatic heterocycles. The number of ether oxygens (including phenoxy) is 1. The molecule has 0 saturated heterocycles. The lowest BCUT2D eigenvalue weighted by atomic mass is 9.92. The van der Waals surface area contributed by atoms with Gasteiger partial charge in [-0.3, -0.25) is 9.78 Å². The molecule has 0 atom stereocenters. The zero-order valence-electron chi connectivity index (χ0n) is 14.5. The first-order valence-corrected chi connectivity index (χ1v) is 9.61. The van der Waals surface area contributed by atoms with Crippen molar-refractivity contribution in [3.63, 3.8) is 0 Å². The first kappa shape index (κ1) is 17.7. The predicted octanol–water partition coefficient (Wildman–Crippen LogP) is 4.31. The maximum absolute atomic E-state index is 12.8. The van der Waals surface area contributed by atoms with E-state index in [9.17, 15) is 9.59 Å². The Kier molecular flexibility index (Phi) is 5.53. The van der Waals surface area contributed by atoms with E-state index in [1.54, 1.807) is 0 Å². The van der Waals surface area contributed by atoms with E-state index in [4.69, 9.17) is 9.72 Å². The molecule has 0 unspecified atom stereocenters. The number of nitrogens with zero attached hydrogens (tertiary/aromatic N) is 1. The molecule has 2 heterocycles. The molecule has 0 N–H and O–H groups in total. The number of hydrogen-bond donors (Lipinski definition) is 0. The van der Waals surface area contributed by atoms with E-state index in [2.05, 4.69) is 0 Å². The van der Waals surface area contributed by atoms with E-state index in [-0.39, 0.29) is 11.1 Å². The number of thioether (sulfide) groups is 1. The van der Waals surface area contributed by atoms with Crippen LogP contribution in [0.5, 0.6) is 0 Å². The summed E-state index contributed by atoms with van der Waals surface area (Å²) in [5.74, 6) is 0.299. The van der Waals surface area contributed by atoms with E-state index < -0.39 is 0 Å². The van der Waals surface area contributed by atoms with Crippen LogP contribution in [0, 0.1) is 0 Å². The van der Waals surface area contributed by atoms with Crippen molar-refractivity contribution in [3.8, 4) is 11.3 Å². The molecule has 5 heteroatoms. The van der Waals surface area contributed by atoms with Gasteiger partial charge in [0.1, 0.15) is 0 Å². The highest BCUT2D eigenvalue weighted by Crippen LogP contribution is 2.35. The highest BCUT2D eigenvalue weighted by atomic mass is 32.2. The van der Waals surface area contributed by atoms with Crippen LogP contribution in [0.1, 0.15) is 52.2 Å². The molecule has 2 aromatic rings. The molecule has 4 nitrogen and oxygen atoms in total. The summed E-state index contributed by atoms with van der Waals surface area (Å²) in [6.45, 7) is 4.30. The highest BCUT2D eigenvalue weighted by molar-refractivity contribution is 8.14. The van der Waals surface area contributed by atoms with Gasteiger partial charge < -0.3 is 4.74 Å². The molecule has 0 amide bonds. The van der Waals surface area contributed by atoms with Crippen molar-refractivity contribution in [1.29, 1.82) is 0 Å². The third-order valence-corrected chi connectivity index (χ3v) is 5.06. The maximum atomic E-state index is 12.8. The Hall–Kier alpha value is -2.14. The van der Waals surface area contributed by atoms with Gasteiger partial charge in [0, 0.05) is 11.3 Å². The molecule has 1 aliphatic rings. The summed E-state index contributed by atoms with van der Waals surface area (Å²) >= 11 is 1.30. The Morgan fingerprint density at radius 3 is 2.68 bits per heavy atom. The van der Waals surface area contributed by atoms with Gasteiger partial charge in [0.15, 0.2) is 0 Å². The second kappa shape index (κ2) is 7.83. The molecule has 130 valence electrons. The Bertz CT molecular complexity index is 802. The zero-order chi connectivity index (χ0) is 17.8. The summed E-state index contributed by atoms with van der Waals surface area (Å²) in [6.07, 6.45) is 2.08. The lowest BCUT2D eigenvalue weighted by Gasteiger charge is -2.22. The first-order valence-electron chi connectivity index (χ1n) is 8.62. The molecule has 0 fully saturated rings. The summed E-state index contributed by atoms with van der Waals surface area (Å²) in [5, 5.41) is 0.00903. The number of carbonyl (C=O) groups excluding carboxylic acids is 2. The maximum Gasteiger partial charge on any atom is 0.340 e. The first-order chi connectivity index (χ1) is 12.2. The van der Waals surface area contributed by atoms with Crippen molar-refractivity contribution in [2.75, 3.05) is 12.4 Å². The lowest BCUT2D eigenvalue weighted by Crippen LogP contribution is -2.21. The lowest BCUT2D eigenvalue weighted by molar-refractivity contribution is 0.0504. The van der Waals surface area contributed by atoms with Crippen LogP contribution in [-0.2, 0) is 17.6 Å². The Balaban J connectivity index is 2.26. The highest BCUT2D eigenvalue weighted by Gasteiger charge is 2.31. The molecule has 3 rings (SSSR count). The van der Waals surface area contributed by atoms with E-state index in [1.165, 1.54) is 11.8 Å². The Labute approximate surface area is 152 Å². The third-order valence-electron chi connectivity index (χ3n) is 4.19. The van der Waals surface area contributed by atoms with E-state index >= 15 is 0 Å². The molecular formula is C20H21NO3S. The van der Waals surface area contributed by atoms with Gasteiger partial charge in [-0.25, -0.2) is 4.79 Å². The van der Waals surface area contributed by atoms with E-state index in [1.807, 2.05) is 44.2 Å². The van der Waals surface area contributed by atoms with Crippen LogP contribution in [0.2, 0.25) is 0 Å². The average molecular weight is 355 g/mol. The SMILES string of the molecule is CCCOC(=O)c1c(-c2ccccc2)nc(CC)c2c1CCSC2=O. The minimum atomic E-state index is -0.383. The van der Waals surface area contributed by atoms with Gasteiger partial charge in [-0.1, -0.05) is 55.9 Å². The number of aryl methyl sites for hydroxylation is 1. The number of fused-ring (bicyclic) bond motifs is 1. The van der Waals surface area contributed by atoms with Gasteiger partial charge in [0.05, 0.1) is 29.1 Å². The van der Waals surface area contributed by atoms with E-state index in [0.29, 0.717) is 42.0 Å². The minimum Gasteiger partial charge on any atom is -0.462 e. The molecule has 1 aliphatic heterocycles. The molecule has 0 bridgehead atoms. The average Bonchev–Trinajstić information content (AvgIpc) is 2.65. The van der Waals surface area contributed by atoms with Gasteiger partial charge in [0.2, 0.25) is 5.12 Å². The summed E-state index contributed by atoms with van der Waals surface area (Å²) in [7, 11) is 0. The summed E-state index contributed by atoms with van der Waals surface area (Å²) < 4.78 is 5.42. The molecule has 0 spiro atoms. The second-order valence-corrected chi connectivity index (χ2v) is 6.94. The Morgan fingerprint density at radius 1 is 1.24 bits per heavy atom. The van der Waals surface area contributed by atoms with Crippen LogP contribution >= 0.6 is 11.8 Å². The number of hydrogen-bond acceptors (Lipinski definition) is 5. The van der Waals surface area contributed by atoms with Crippen LogP contribution in [0.3, 0.4) is 0 Å². The predicted molar refractivity (Wildman–Crippen MR) is 100 cm³/mol. The molecule has 0 saturated carbocycles. The fourth-order valence-electron chi connectivity index (χ4n) is 3.05. The third kappa shape index (κ3) is 3.47. The van der Waals surface area contributed by atoms with Gasteiger partial charge in [-0.05, 0) is 24.8 Å². The molecule has 1 aromatic carbocycles. The summed E-state index contributed by atoms with van der Waals surface area (Å²) in [6, 6.07) is 9.64. The molecule has 25 heavy (non-hydrogen) atoms. The largest absolute Gasteiger partial charge is 0.462 e. The van der Waals surface area contributed by atoms with E-state index in [0.717, 1.165) is 23.2 Å². The quantitative estimate of drug-likeness (QED) is 0.748. The number of carbonyl (C=O) groups is 2. The number of benzene rings is 1. The van der Waals surface area contributed by atoms with Gasteiger partial charge in [-0.2, -0.15) is 0 Å². The van der Waals surface area contributed by atoms with Crippen molar-refractivity contribution < 1.29 is 14.3 Å². The van der Waals surface area contributed by atoms with Crippen LogP contribution in [0.25, 0.3) is 11.3 Å². The monoisotopic (exact) mass is 355 g/mol. The van der Waals surface area contributed by atoms with Gasteiger partial charge in [0.25, 0.3) is 0 Å². The normalized spacial score (nSPS) is 13.4. The van der Waals surface area contributed by atoms with Gasteiger partial charge in [-0.15, -0.1) is 0 Å². The molecule has 0 aliphatic carbocycles.